The Morgan fingerprint density at radius 1 is 1.19 bits per heavy atom. The number of aromatic nitrogens is 4. The van der Waals surface area contributed by atoms with Crippen LogP contribution < -0.4 is 0 Å². The fraction of sp³-hybridized carbons (Fsp3) is 0.150. The number of pyridine rings is 1. The summed E-state index contributed by atoms with van der Waals surface area (Å²) < 4.78 is 3.99. The molecule has 0 amide bonds. The third kappa shape index (κ3) is 2.87. The standard InChI is InChI=1S/C20H17N5S/c1-14-6-7-18(15(2)9-14)25-13-22-23-20(25)26-12-16-11-24-8-4-3-5-19(24)17(16)10-21/h3-9,11,13H,12H2,1-2H3. The molecule has 0 saturated carbocycles. The zero-order valence-corrected chi connectivity index (χ0v) is 15.4. The van der Waals surface area contributed by atoms with E-state index < -0.39 is 0 Å². The van der Waals surface area contributed by atoms with Crippen LogP contribution in [-0.4, -0.2) is 19.2 Å². The summed E-state index contributed by atoms with van der Waals surface area (Å²) in [4.78, 5) is 0. The molecule has 0 saturated heterocycles. The van der Waals surface area contributed by atoms with E-state index in [1.165, 1.54) is 11.1 Å². The molecule has 0 aliphatic carbocycles. The van der Waals surface area contributed by atoms with Crippen LogP contribution in [0.3, 0.4) is 0 Å². The van der Waals surface area contributed by atoms with Crippen LogP contribution >= 0.6 is 11.8 Å². The predicted molar refractivity (Wildman–Crippen MR) is 103 cm³/mol. The molecule has 26 heavy (non-hydrogen) atoms. The van der Waals surface area contributed by atoms with Gasteiger partial charge < -0.3 is 4.40 Å². The van der Waals surface area contributed by atoms with Gasteiger partial charge in [0.25, 0.3) is 0 Å². The van der Waals surface area contributed by atoms with E-state index in [4.69, 9.17) is 0 Å². The first-order valence-corrected chi connectivity index (χ1v) is 9.25. The highest BCUT2D eigenvalue weighted by atomic mass is 32.2. The molecule has 0 spiro atoms. The quantitative estimate of drug-likeness (QED) is 0.510. The molecule has 1 aromatic carbocycles. The first-order chi connectivity index (χ1) is 12.7. The lowest BCUT2D eigenvalue weighted by Gasteiger charge is -2.10. The first kappa shape index (κ1) is 16.4. The second kappa shape index (κ2) is 6.70. The van der Waals surface area contributed by atoms with Crippen LogP contribution in [0.5, 0.6) is 0 Å². The molecule has 6 heteroatoms. The van der Waals surface area contributed by atoms with E-state index in [0.717, 1.165) is 27.5 Å². The Kier molecular flexibility index (Phi) is 4.23. The van der Waals surface area contributed by atoms with E-state index in [9.17, 15) is 5.26 Å². The van der Waals surface area contributed by atoms with Gasteiger partial charge in [-0.1, -0.05) is 35.5 Å². The molecule has 0 unspecified atom stereocenters. The van der Waals surface area contributed by atoms with Crippen molar-refractivity contribution in [2.45, 2.75) is 24.8 Å². The molecule has 128 valence electrons. The van der Waals surface area contributed by atoms with Crippen molar-refractivity contribution in [2.24, 2.45) is 0 Å². The molecule has 0 aliphatic rings. The van der Waals surface area contributed by atoms with Gasteiger partial charge in [-0.2, -0.15) is 5.26 Å². The highest BCUT2D eigenvalue weighted by Gasteiger charge is 2.14. The van der Waals surface area contributed by atoms with Gasteiger partial charge in [-0.25, -0.2) is 0 Å². The van der Waals surface area contributed by atoms with E-state index in [-0.39, 0.29) is 0 Å². The van der Waals surface area contributed by atoms with E-state index >= 15 is 0 Å². The van der Waals surface area contributed by atoms with Crippen LogP contribution in [0.25, 0.3) is 11.2 Å². The van der Waals surface area contributed by atoms with Crippen molar-refractivity contribution >= 4 is 17.3 Å². The average Bonchev–Trinajstić information content (AvgIpc) is 3.23. The minimum Gasteiger partial charge on any atom is -0.322 e. The zero-order chi connectivity index (χ0) is 18.1. The van der Waals surface area contributed by atoms with E-state index in [1.54, 1.807) is 18.1 Å². The molecule has 0 radical (unpaired) electrons. The summed E-state index contributed by atoms with van der Waals surface area (Å²) in [6.45, 7) is 4.17. The second-order valence-corrected chi connectivity index (χ2v) is 7.14. The molecule has 5 nitrogen and oxygen atoms in total. The van der Waals surface area contributed by atoms with Gasteiger partial charge in [-0.15, -0.1) is 10.2 Å². The van der Waals surface area contributed by atoms with Gasteiger partial charge in [0.1, 0.15) is 12.4 Å². The highest BCUT2D eigenvalue weighted by Crippen LogP contribution is 2.28. The molecule has 0 bridgehead atoms. The predicted octanol–water partition coefficient (Wildman–Crippen LogP) is 4.30. The number of benzene rings is 1. The molecule has 0 N–H and O–H groups in total. The van der Waals surface area contributed by atoms with Crippen molar-refractivity contribution in [3.63, 3.8) is 0 Å². The number of nitriles is 1. The Hall–Kier alpha value is -3.04. The van der Waals surface area contributed by atoms with Crippen LogP contribution in [0.1, 0.15) is 22.3 Å². The number of thioether (sulfide) groups is 1. The Morgan fingerprint density at radius 2 is 2.08 bits per heavy atom. The molecule has 0 fully saturated rings. The molecule has 4 rings (SSSR count). The summed E-state index contributed by atoms with van der Waals surface area (Å²) in [7, 11) is 0. The number of nitrogens with zero attached hydrogens (tertiary/aromatic N) is 5. The largest absolute Gasteiger partial charge is 0.322 e. The maximum absolute atomic E-state index is 9.55. The SMILES string of the molecule is Cc1ccc(-n2cnnc2SCc2cn3ccccc3c2C#N)c(C)c1. The van der Waals surface area contributed by atoms with Crippen LogP contribution in [0.15, 0.2) is 60.3 Å². The highest BCUT2D eigenvalue weighted by molar-refractivity contribution is 7.98. The minimum absolute atomic E-state index is 0.661. The summed E-state index contributed by atoms with van der Waals surface area (Å²) in [5.41, 5.74) is 6.13. The summed E-state index contributed by atoms with van der Waals surface area (Å²) in [5, 5.41) is 18.7. The molecular weight excluding hydrogens is 342 g/mol. The third-order valence-electron chi connectivity index (χ3n) is 4.36. The Morgan fingerprint density at radius 3 is 2.88 bits per heavy atom. The maximum Gasteiger partial charge on any atom is 0.195 e. The Bertz CT molecular complexity index is 1130. The van der Waals surface area contributed by atoms with Gasteiger partial charge >= 0.3 is 0 Å². The summed E-state index contributed by atoms with van der Waals surface area (Å²) in [6, 6.07) is 14.5. The fourth-order valence-corrected chi connectivity index (χ4v) is 4.01. The Labute approximate surface area is 155 Å². The zero-order valence-electron chi connectivity index (χ0n) is 14.5. The molecule has 4 aromatic rings. The monoisotopic (exact) mass is 359 g/mol. The van der Waals surface area contributed by atoms with Gasteiger partial charge in [0.15, 0.2) is 5.16 Å². The van der Waals surface area contributed by atoms with Gasteiger partial charge in [0, 0.05) is 18.1 Å². The van der Waals surface area contributed by atoms with E-state index in [0.29, 0.717) is 5.75 Å². The van der Waals surface area contributed by atoms with Crippen molar-refractivity contribution in [1.29, 1.82) is 5.26 Å². The van der Waals surface area contributed by atoms with E-state index in [1.807, 2.05) is 39.6 Å². The first-order valence-electron chi connectivity index (χ1n) is 8.26. The van der Waals surface area contributed by atoms with Crippen molar-refractivity contribution in [2.75, 3.05) is 0 Å². The fourth-order valence-electron chi connectivity index (χ4n) is 3.12. The average molecular weight is 359 g/mol. The number of hydrogen-bond donors (Lipinski definition) is 0. The lowest BCUT2D eigenvalue weighted by molar-refractivity contribution is 0.877. The lowest BCUT2D eigenvalue weighted by Crippen LogP contribution is -1.98. The molecular formula is C20H17N5S. The van der Waals surface area contributed by atoms with Gasteiger partial charge in [0.2, 0.25) is 0 Å². The van der Waals surface area contributed by atoms with Crippen molar-refractivity contribution in [3.8, 4) is 11.8 Å². The van der Waals surface area contributed by atoms with Crippen LogP contribution in [0.2, 0.25) is 0 Å². The normalized spacial score (nSPS) is 11.0. The number of rotatable bonds is 4. The topological polar surface area (TPSA) is 58.9 Å². The minimum atomic E-state index is 0.661. The molecule has 0 atom stereocenters. The summed E-state index contributed by atoms with van der Waals surface area (Å²) in [6.07, 6.45) is 5.71. The summed E-state index contributed by atoms with van der Waals surface area (Å²) >= 11 is 1.58. The number of hydrogen-bond acceptors (Lipinski definition) is 4. The second-order valence-electron chi connectivity index (χ2n) is 6.20. The summed E-state index contributed by atoms with van der Waals surface area (Å²) in [5.74, 6) is 0.661. The smallest absolute Gasteiger partial charge is 0.195 e. The molecule has 3 aromatic heterocycles. The lowest BCUT2D eigenvalue weighted by atomic mass is 10.1. The van der Waals surface area contributed by atoms with Crippen LogP contribution in [0.4, 0.5) is 0 Å². The van der Waals surface area contributed by atoms with Gasteiger partial charge in [0.05, 0.1) is 16.8 Å². The third-order valence-corrected chi connectivity index (χ3v) is 5.35. The number of aryl methyl sites for hydroxylation is 2. The molecule has 3 heterocycles. The number of fused-ring (bicyclic) bond motifs is 1. The van der Waals surface area contributed by atoms with Crippen LogP contribution in [-0.2, 0) is 5.75 Å². The van der Waals surface area contributed by atoms with Crippen molar-refractivity contribution in [1.82, 2.24) is 19.2 Å². The Balaban J connectivity index is 1.64. The maximum atomic E-state index is 9.55. The van der Waals surface area contributed by atoms with Crippen LogP contribution in [0, 0.1) is 25.2 Å². The molecule has 0 aliphatic heterocycles. The van der Waals surface area contributed by atoms with Crippen molar-refractivity contribution < 1.29 is 0 Å². The van der Waals surface area contributed by atoms with Gasteiger partial charge in [-0.3, -0.25) is 4.57 Å². The van der Waals surface area contributed by atoms with Gasteiger partial charge in [-0.05, 0) is 43.2 Å². The van der Waals surface area contributed by atoms with Crippen molar-refractivity contribution in [3.05, 3.63) is 77.4 Å². The van der Waals surface area contributed by atoms with E-state index in [2.05, 4.69) is 48.3 Å².